The zero-order chi connectivity index (χ0) is 8.77. The largest absolute Gasteiger partial charge is 0.370 e. The summed E-state index contributed by atoms with van der Waals surface area (Å²) in [5.74, 6) is 0.719. The molecule has 0 aromatic rings. The Kier molecular flexibility index (Phi) is 1.62. The van der Waals surface area contributed by atoms with Crippen LogP contribution >= 0.6 is 0 Å². The molecule has 12 heavy (non-hydrogen) atoms. The number of hydrogen-bond acceptors (Lipinski definition) is 2. The zero-order valence-corrected chi connectivity index (χ0v) is 7.59. The van der Waals surface area contributed by atoms with Crippen molar-refractivity contribution in [3.05, 3.63) is 11.6 Å². The topological polar surface area (TPSA) is 29.6 Å². The van der Waals surface area contributed by atoms with Gasteiger partial charge in [-0.05, 0) is 25.8 Å². The molecule has 0 aromatic carbocycles. The van der Waals surface area contributed by atoms with Crippen molar-refractivity contribution in [2.24, 2.45) is 5.92 Å². The molecule has 2 nitrogen and oxygen atoms in total. The number of carbonyl (C=O) groups excluding carboxylic acids is 1. The fraction of sp³-hybridized carbons (Fsp3) is 0.700. The van der Waals surface area contributed by atoms with Gasteiger partial charge in [0.1, 0.15) is 0 Å². The van der Waals surface area contributed by atoms with Crippen LogP contribution in [-0.4, -0.2) is 18.0 Å². The van der Waals surface area contributed by atoms with Gasteiger partial charge in [0.05, 0.1) is 12.2 Å². The standard InChI is InChI=1S/C10H14O2/c1-7-3-4-8(5-9(7)11)10(2)6-12-10/h3,8H,4-6H2,1-2H3/t8-,10?/m1/s1. The van der Waals surface area contributed by atoms with E-state index < -0.39 is 0 Å². The van der Waals surface area contributed by atoms with Crippen molar-refractivity contribution < 1.29 is 9.53 Å². The molecular formula is C10H14O2. The van der Waals surface area contributed by atoms with Gasteiger partial charge in [0.2, 0.25) is 0 Å². The molecule has 1 saturated heterocycles. The number of allylic oxidation sites excluding steroid dienone is 2. The van der Waals surface area contributed by atoms with Gasteiger partial charge >= 0.3 is 0 Å². The molecule has 0 N–H and O–H groups in total. The molecule has 66 valence electrons. The van der Waals surface area contributed by atoms with Gasteiger partial charge in [-0.25, -0.2) is 0 Å². The quantitative estimate of drug-likeness (QED) is 0.555. The van der Waals surface area contributed by atoms with E-state index in [0.717, 1.165) is 18.6 Å². The Labute approximate surface area is 72.6 Å². The number of carbonyl (C=O) groups is 1. The number of ketones is 1. The van der Waals surface area contributed by atoms with E-state index in [4.69, 9.17) is 4.74 Å². The summed E-state index contributed by atoms with van der Waals surface area (Å²) >= 11 is 0. The fourth-order valence-corrected chi connectivity index (χ4v) is 1.72. The molecule has 1 unspecified atom stereocenters. The Bertz CT molecular complexity index is 249. The molecule has 0 saturated carbocycles. The van der Waals surface area contributed by atoms with Crippen molar-refractivity contribution in [3.63, 3.8) is 0 Å². The van der Waals surface area contributed by atoms with E-state index in [0.29, 0.717) is 18.1 Å². The van der Waals surface area contributed by atoms with Crippen LogP contribution in [0.2, 0.25) is 0 Å². The van der Waals surface area contributed by atoms with E-state index in [-0.39, 0.29) is 5.60 Å². The van der Waals surface area contributed by atoms with E-state index in [2.05, 4.69) is 6.92 Å². The first-order valence-corrected chi connectivity index (χ1v) is 4.46. The van der Waals surface area contributed by atoms with Gasteiger partial charge in [-0.1, -0.05) is 6.08 Å². The Balaban J connectivity index is 2.09. The minimum Gasteiger partial charge on any atom is -0.370 e. The molecule has 0 bridgehead atoms. The van der Waals surface area contributed by atoms with E-state index >= 15 is 0 Å². The zero-order valence-electron chi connectivity index (χ0n) is 7.59. The van der Waals surface area contributed by atoms with E-state index in [9.17, 15) is 4.79 Å². The molecule has 0 amide bonds. The van der Waals surface area contributed by atoms with Crippen molar-refractivity contribution in [1.29, 1.82) is 0 Å². The third-order valence-electron chi connectivity index (χ3n) is 3.04. The first-order chi connectivity index (χ1) is 5.62. The van der Waals surface area contributed by atoms with Crippen LogP contribution in [0.4, 0.5) is 0 Å². The highest BCUT2D eigenvalue weighted by Crippen LogP contribution is 2.41. The third kappa shape index (κ3) is 1.20. The minimum atomic E-state index is 0.0207. The monoisotopic (exact) mass is 166 g/mol. The van der Waals surface area contributed by atoms with Gasteiger partial charge in [-0.2, -0.15) is 0 Å². The van der Waals surface area contributed by atoms with Crippen LogP contribution in [0.5, 0.6) is 0 Å². The van der Waals surface area contributed by atoms with Crippen molar-refractivity contribution in [2.75, 3.05) is 6.61 Å². The summed E-state index contributed by atoms with van der Waals surface area (Å²) in [4.78, 5) is 11.4. The number of hydrogen-bond donors (Lipinski definition) is 0. The Hall–Kier alpha value is -0.630. The van der Waals surface area contributed by atoms with E-state index in [1.54, 1.807) is 0 Å². The van der Waals surface area contributed by atoms with Crippen molar-refractivity contribution in [2.45, 2.75) is 32.3 Å². The molecule has 0 radical (unpaired) electrons. The maximum Gasteiger partial charge on any atom is 0.158 e. The SMILES string of the molecule is CC1=CC[C@@H](C2(C)CO2)CC1=O. The number of Topliss-reactive ketones (excluding diaryl/α,β-unsaturated/α-hetero) is 1. The molecule has 2 aliphatic rings. The Morgan fingerprint density at radius 1 is 1.67 bits per heavy atom. The van der Waals surface area contributed by atoms with Gasteiger partial charge in [0, 0.05) is 12.3 Å². The molecule has 2 atom stereocenters. The van der Waals surface area contributed by atoms with Crippen LogP contribution < -0.4 is 0 Å². The number of rotatable bonds is 1. The molecule has 2 rings (SSSR count). The third-order valence-corrected chi connectivity index (χ3v) is 3.04. The minimum absolute atomic E-state index is 0.0207. The van der Waals surface area contributed by atoms with Crippen LogP contribution in [0.3, 0.4) is 0 Å². The molecule has 0 spiro atoms. The van der Waals surface area contributed by atoms with Crippen molar-refractivity contribution in [1.82, 2.24) is 0 Å². The average molecular weight is 166 g/mol. The average Bonchev–Trinajstić information content (AvgIpc) is 2.75. The van der Waals surface area contributed by atoms with Gasteiger partial charge in [-0.15, -0.1) is 0 Å². The molecule has 1 fully saturated rings. The summed E-state index contributed by atoms with van der Waals surface area (Å²) in [6, 6.07) is 0. The lowest BCUT2D eigenvalue weighted by Gasteiger charge is -2.22. The summed E-state index contributed by atoms with van der Waals surface area (Å²) in [6.45, 7) is 4.83. The second kappa shape index (κ2) is 2.43. The van der Waals surface area contributed by atoms with Gasteiger partial charge in [-0.3, -0.25) is 4.79 Å². The smallest absolute Gasteiger partial charge is 0.158 e. The molecule has 1 heterocycles. The first kappa shape index (κ1) is 7.99. The van der Waals surface area contributed by atoms with Crippen LogP contribution in [0.1, 0.15) is 26.7 Å². The van der Waals surface area contributed by atoms with Crippen LogP contribution in [0.25, 0.3) is 0 Å². The lowest BCUT2D eigenvalue weighted by molar-refractivity contribution is -0.117. The lowest BCUT2D eigenvalue weighted by Crippen LogP contribution is -2.26. The second-order valence-electron chi connectivity index (χ2n) is 4.05. The molecule has 1 aliphatic carbocycles. The number of epoxide rings is 1. The van der Waals surface area contributed by atoms with Crippen LogP contribution in [-0.2, 0) is 9.53 Å². The molecule has 2 heteroatoms. The molecule has 0 aromatic heterocycles. The summed E-state index contributed by atoms with van der Waals surface area (Å²) in [5.41, 5.74) is 0.947. The lowest BCUT2D eigenvalue weighted by atomic mass is 9.81. The van der Waals surface area contributed by atoms with Gasteiger partial charge in [0.15, 0.2) is 5.78 Å². The predicted molar refractivity (Wildman–Crippen MR) is 45.8 cm³/mol. The number of ether oxygens (including phenoxy) is 1. The summed E-state index contributed by atoms with van der Waals surface area (Å²) in [7, 11) is 0. The normalized spacial score (nSPS) is 41.0. The van der Waals surface area contributed by atoms with Gasteiger partial charge in [0.25, 0.3) is 0 Å². The second-order valence-corrected chi connectivity index (χ2v) is 4.05. The highest BCUT2D eigenvalue weighted by molar-refractivity contribution is 5.95. The molecule has 1 aliphatic heterocycles. The van der Waals surface area contributed by atoms with E-state index in [1.165, 1.54) is 0 Å². The summed E-state index contributed by atoms with van der Waals surface area (Å²) in [6.07, 6.45) is 3.73. The Morgan fingerprint density at radius 2 is 2.33 bits per heavy atom. The fourth-order valence-electron chi connectivity index (χ4n) is 1.72. The van der Waals surface area contributed by atoms with Crippen LogP contribution in [0.15, 0.2) is 11.6 Å². The van der Waals surface area contributed by atoms with E-state index in [1.807, 2.05) is 13.0 Å². The van der Waals surface area contributed by atoms with Gasteiger partial charge < -0.3 is 4.74 Å². The molecular weight excluding hydrogens is 152 g/mol. The highest BCUT2D eigenvalue weighted by atomic mass is 16.6. The predicted octanol–water partition coefficient (Wildman–Crippen LogP) is 1.70. The summed E-state index contributed by atoms with van der Waals surface area (Å²) < 4.78 is 5.34. The Morgan fingerprint density at radius 3 is 2.83 bits per heavy atom. The van der Waals surface area contributed by atoms with Crippen molar-refractivity contribution >= 4 is 5.78 Å². The first-order valence-electron chi connectivity index (χ1n) is 4.46. The summed E-state index contributed by atoms with van der Waals surface area (Å²) in [5, 5.41) is 0. The van der Waals surface area contributed by atoms with Crippen LogP contribution in [0, 0.1) is 5.92 Å². The maximum atomic E-state index is 11.4. The van der Waals surface area contributed by atoms with Crippen molar-refractivity contribution in [3.8, 4) is 0 Å². The highest BCUT2D eigenvalue weighted by Gasteiger charge is 2.47. The maximum absolute atomic E-state index is 11.4.